The van der Waals surface area contributed by atoms with E-state index in [2.05, 4.69) is 15.6 Å². The van der Waals surface area contributed by atoms with Crippen LogP contribution in [-0.2, 0) is 0 Å². The molecule has 144 valence electrons. The predicted octanol–water partition coefficient (Wildman–Crippen LogP) is 4.10. The van der Waals surface area contributed by atoms with Crippen LogP contribution in [-0.4, -0.2) is 32.2 Å². The molecule has 2 aromatic carbocycles. The van der Waals surface area contributed by atoms with Gasteiger partial charge in [-0.1, -0.05) is 0 Å². The molecule has 28 heavy (non-hydrogen) atoms. The van der Waals surface area contributed by atoms with Crippen LogP contribution in [0.2, 0.25) is 0 Å². The summed E-state index contributed by atoms with van der Waals surface area (Å²) in [5, 5.41) is 6.01. The van der Waals surface area contributed by atoms with Gasteiger partial charge < -0.3 is 24.8 Å². The summed E-state index contributed by atoms with van der Waals surface area (Å²) in [7, 11) is 4.79. The average Bonchev–Trinajstić information content (AvgIpc) is 2.74. The van der Waals surface area contributed by atoms with E-state index in [9.17, 15) is 4.79 Å². The van der Waals surface area contributed by atoms with E-state index in [4.69, 9.17) is 14.2 Å². The van der Waals surface area contributed by atoms with Crippen molar-refractivity contribution in [2.45, 2.75) is 0 Å². The minimum Gasteiger partial charge on any atom is -0.497 e. The number of aromatic nitrogens is 1. The van der Waals surface area contributed by atoms with Crippen molar-refractivity contribution in [3.8, 4) is 17.2 Å². The van der Waals surface area contributed by atoms with E-state index in [1.807, 2.05) is 18.2 Å². The van der Waals surface area contributed by atoms with Crippen molar-refractivity contribution in [1.82, 2.24) is 4.98 Å². The van der Waals surface area contributed by atoms with Gasteiger partial charge in [0.1, 0.15) is 22.9 Å². The molecule has 0 spiro atoms. The zero-order valence-electron chi connectivity index (χ0n) is 15.9. The molecule has 7 heteroatoms. The van der Waals surface area contributed by atoms with Gasteiger partial charge in [-0.3, -0.25) is 4.79 Å². The van der Waals surface area contributed by atoms with Crippen molar-refractivity contribution in [3.63, 3.8) is 0 Å². The third-order valence-electron chi connectivity index (χ3n) is 4.03. The standard InChI is InChI=1S/C21H21N3O4/c1-26-16-7-4-14(5-8-16)24-21(25)18-10-6-15(13-22-18)23-19-12-17(27-2)9-11-20(19)28-3/h4-13,23H,1-3H3,(H,24,25). The summed E-state index contributed by atoms with van der Waals surface area (Å²) >= 11 is 0. The Hall–Kier alpha value is -3.74. The molecule has 1 amide bonds. The molecular weight excluding hydrogens is 358 g/mol. The predicted molar refractivity (Wildman–Crippen MR) is 108 cm³/mol. The minimum atomic E-state index is -0.296. The van der Waals surface area contributed by atoms with Gasteiger partial charge in [0.25, 0.3) is 5.91 Å². The SMILES string of the molecule is COc1ccc(NC(=O)c2ccc(Nc3cc(OC)ccc3OC)cn2)cc1. The fourth-order valence-electron chi connectivity index (χ4n) is 2.54. The molecule has 1 heterocycles. The number of carbonyl (C=O) groups is 1. The van der Waals surface area contributed by atoms with Crippen molar-refractivity contribution in [2.75, 3.05) is 32.0 Å². The number of pyridine rings is 1. The molecule has 1 aromatic heterocycles. The topological polar surface area (TPSA) is 81.7 Å². The number of benzene rings is 2. The van der Waals surface area contributed by atoms with Crippen LogP contribution in [0.4, 0.5) is 17.1 Å². The summed E-state index contributed by atoms with van der Waals surface area (Å²) < 4.78 is 15.7. The first kappa shape index (κ1) is 19.0. The molecule has 0 radical (unpaired) electrons. The van der Waals surface area contributed by atoms with E-state index in [1.54, 1.807) is 63.9 Å². The van der Waals surface area contributed by atoms with Crippen molar-refractivity contribution < 1.29 is 19.0 Å². The van der Waals surface area contributed by atoms with Gasteiger partial charge in [-0.25, -0.2) is 4.98 Å². The molecule has 0 unspecified atom stereocenters. The Balaban J connectivity index is 1.70. The third kappa shape index (κ3) is 4.50. The highest BCUT2D eigenvalue weighted by Crippen LogP contribution is 2.31. The molecule has 0 atom stereocenters. The van der Waals surface area contributed by atoms with E-state index in [-0.39, 0.29) is 5.91 Å². The maximum Gasteiger partial charge on any atom is 0.274 e. The molecule has 2 N–H and O–H groups in total. The first-order chi connectivity index (χ1) is 13.6. The molecule has 3 rings (SSSR count). The monoisotopic (exact) mass is 379 g/mol. The zero-order chi connectivity index (χ0) is 19.9. The van der Waals surface area contributed by atoms with Gasteiger partial charge in [0.15, 0.2) is 0 Å². The van der Waals surface area contributed by atoms with Crippen LogP contribution in [0.5, 0.6) is 17.2 Å². The maximum atomic E-state index is 12.4. The largest absolute Gasteiger partial charge is 0.497 e. The summed E-state index contributed by atoms with van der Waals surface area (Å²) in [6.45, 7) is 0. The minimum absolute atomic E-state index is 0.296. The quantitative estimate of drug-likeness (QED) is 0.643. The van der Waals surface area contributed by atoms with Crippen LogP contribution in [0.25, 0.3) is 0 Å². The highest BCUT2D eigenvalue weighted by molar-refractivity contribution is 6.03. The highest BCUT2D eigenvalue weighted by Gasteiger charge is 2.10. The molecule has 0 aliphatic heterocycles. The average molecular weight is 379 g/mol. The van der Waals surface area contributed by atoms with Crippen molar-refractivity contribution in [3.05, 3.63) is 66.5 Å². The molecule has 0 aliphatic rings. The van der Waals surface area contributed by atoms with Gasteiger partial charge in [-0.15, -0.1) is 0 Å². The van der Waals surface area contributed by atoms with Gasteiger partial charge in [-0.2, -0.15) is 0 Å². The van der Waals surface area contributed by atoms with Gasteiger partial charge in [0, 0.05) is 11.8 Å². The smallest absolute Gasteiger partial charge is 0.274 e. The summed E-state index contributed by atoms with van der Waals surface area (Å²) in [6.07, 6.45) is 1.59. The maximum absolute atomic E-state index is 12.4. The lowest BCUT2D eigenvalue weighted by atomic mass is 10.2. The second-order valence-corrected chi connectivity index (χ2v) is 5.81. The molecule has 3 aromatic rings. The lowest BCUT2D eigenvalue weighted by Crippen LogP contribution is -2.13. The Bertz CT molecular complexity index is 941. The normalized spacial score (nSPS) is 10.1. The summed E-state index contributed by atoms with van der Waals surface area (Å²) in [5.74, 6) is 1.80. The molecule has 0 fully saturated rings. The Morgan fingerprint density at radius 3 is 2.11 bits per heavy atom. The molecule has 0 saturated carbocycles. The third-order valence-corrected chi connectivity index (χ3v) is 4.03. The second-order valence-electron chi connectivity index (χ2n) is 5.81. The summed E-state index contributed by atoms with van der Waals surface area (Å²) in [6, 6.07) is 15.9. The number of rotatable bonds is 7. The highest BCUT2D eigenvalue weighted by atomic mass is 16.5. The van der Waals surface area contributed by atoms with E-state index in [1.165, 1.54) is 0 Å². The number of carbonyl (C=O) groups excluding carboxylic acids is 1. The van der Waals surface area contributed by atoms with Crippen molar-refractivity contribution >= 4 is 23.0 Å². The first-order valence-corrected chi connectivity index (χ1v) is 8.53. The summed E-state index contributed by atoms with van der Waals surface area (Å²) in [5.41, 5.74) is 2.42. The lowest BCUT2D eigenvalue weighted by molar-refractivity contribution is 0.102. The van der Waals surface area contributed by atoms with Crippen LogP contribution in [0.3, 0.4) is 0 Å². The van der Waals surface area contributed by atoms with E-state index < -0.39 is 0 Å². The fraction of sp³-hybridized carbons (Fsp3) is 0.143. The van der Waals surface area contributed by atoms with Crippen LogP contribution in [0.15, 0.2) is 60.8 Å². The molecule has 0 aliphatic carbocycles. The lowest BCUT2D eigenvalue weighted by Gasteiger charge is -2.13. The number of hydrogen-bond acceptors (Lipinski definition) is 6. The first-order valence-electron chi connectivity index (χ1n) is 8.53. The van der Waals surface area contributed by atoms with Crippen LogP contribution in [0, 0.1) is 0 Å². The number of nitrogens with zero attached hydrogens (tertiary/aromatic N) is 1. The van der Waals surface area contributed by atoms with Gasteiger partial charge in [0.2, 0.25) is 0 Å². The van der Waals surface area contributed by atoms with Gasteiger partial charge in [-0.05, 0) is 48.5 Å². The van der Waals surface area contributed by atoms with E-state index in [0.29, 0.717) is 28.6 Å². The van der Waals surface area contributed by atoms with Crippen LogP contribution in [0.1, 0.15) is 10.5 Å². The van der Waals surface area contributed by atoms with Crippen molar-refractivity contribution in [1.29, 1.82) is 0 Å². The van der Waals surface area contributed by atoms with Gasteiger partial charge in [0.05, 0.1) is 38.9 Å². The number of nitrogens with one attached hydrogen (secondary N) is 2. The Kier molecular flexibility index (Phi) is 5.96. The van der Waals surface area contributed by atoms with E-state index in [0.717, 1.165) is 11.4 Å². The number of methoxy groups -OCH3 is 3. The fourth-order valence-corrected chi connectivity index (χ4v) is 2.54. The number of ether oxygens (including phenoxy) is 3. The molecule has 0 saturated heterocycles. The Morgan fingerprint density at radius 2 is 1.50 bits per heavy atom. The molecule has 7 nitrogen and oxygen atoms in total. The number of amides is 1. The van der Waals surface area contributed by atoms with Gasteiger partial charge >= 0.3 is 0 Å². The Morgan fingerprint density at radius 1 is 0.821 bits per heavy atom. The van der Waals surface area contributed by atoms with E-state index >= 15 is 0 Å². The molecule has 0 bridgehead atoms. The zero-order valence-corrected chi connectivity index (χ0v) is 15.9. The molecular formula is C21H21N3O4. The summed E-state index contributed by atoms with van der Waals surface area (Å²) in [4.78, 5) is 16.6. The van der Waals surface area contributed by atoms with Crippen molar-refractivity contribution in [2.24, 2.45) is 0 Å². The van der Waals surface area contributed by atoms with Crippen LogP contribution >= 0.6 is 0 Å². The second kappa shape index (κ2) is 8.77. The number of hydrogen-bond donors (Lipinski definition) is 2. The number of anilines is 3. The Labute approximate surface area is 163 Å². The van der Waals surface area contributed by atoms with Crippen LogP contribution < -0.4 is 24.8 Å².